The van der Waals surface area contributed by atoms with Crippen molar-refractivity contribution in [2.45, 2.75) is 12.7 Å². The molecule has 3 nitrogen and oxygen atoms in total. The van der Waals surface area contributed by atoms with Crippen molar-refractivity contribution in [3.8, 4) is 0 Å². The van der Waals surface area contributed by atoms with Gasteiger partial charge in [0.25, 0.3) is 0 Å². The third kappa shape index (κ3) is 4.47. The summed E-state index contributed by atoms with van der Waals surface area (Å²) >= 11 is 0. The molecule has 0 radical (unpaired) electrons. The predicted molar refractivity (Wildman–Crippen MR) is 73.7 cm³/mol. The topological polar surface area (TPSA) is 41.1 Å². The lowest BCUT2D eigenvalue weighted by Gasteiger charge is -2.10. The molecule has 0 unspecified atom stereocenters. The van der Waals surface area contributed by atoms with Crippen molar-refractivity contribution in [2.24, 2.45) is 0 Å². The average Bonchev–Trinajstić information content (AvgIpc) is 2.45. The molecule has 0 bridgehead atoms. The summed E-state index contributed by atoms with van der Waals surface area (Å²) in [6.45, 7) is 0.0581. The molecule has 0 aliphatic heterocycles. The van der Waals surface area contributed by atoms with E-state index in [0.29, 0.717) is 5.56 Å². The highest BCUT2D eigenvalue weighted by atomic mass is 19.4. The van der Waals surface area contributed by atoms with Crippen molar-refractivity contribution in [1.82, 2.24) is 5.32 Å². The molecule has 2 amide bonds. The van der Waals surface area contributed by atoms with Crippen LogP contribution in [0.3, 0.4) is 0 Å². The van der Waals surface area contributed by atoms with Crippen LogP contribution < -0.4 is 10.6 Å². The number of carbonyl (C=O) groups is 1. The number of hydrogen-bond acceptors (Lipinski definition) is 1. The molecule has 2 N–H and O–H groups in total. The van der Waals surface area contributed by atoms with E-state index in [1.807, 2.05) is 0 Å². The van der Waals surface area contributed by atoms with Crippen LogP contribution in [0.15, 0.2) is 48.5 Å². The molecule has 2 aromatic carbocycles. The number of amides is 2. The van der Waals surface area contributed by atoms with Crippen molar-refractivity contribution < 1.29 is 22.4 Å². The van der Waals surface area contributed by atoms with Gasteiger partial charge in [0.05, 0.1) is 5.56 Å². The number of nitrogens with one attached hydrogen (secondary N) is 2. The summed E-state index contributed by atoms with van der Waals surface area (Å²) in [6, 6.07) is 9.25. The summed E-state index contributed by atoms with van der Waals surface area (Å²) < 4.78 is 50.6. The van der Waals surface area contributed by atoms with Gasteiger partial charge in [-0.2, -0.15) is 13.2 Å². The molecular weight excluding hydrogens is 300 g/mol. The lowest BCUT2D eigenvalue weighted by atomic mass is 10.2. The van der Waals surface area contributed by atoms with E-state index in [4.69, 9.17) is 0 Å². The summed E-state index contributed by atoms with van der Waals surface area (Å²) in [4.78, 5) is 11.6. The molecule has 2 rings (SSSR count). The summed E-state index contributed by atoms with van der Waals surface area (Å²) in [5.74, 6) is -0.433. The van der Waals surface area contributed by atoms with Crippen molar-refractivity contribution in [3.63, 3.8) is 0 Å². The SMILES string of the molecule is O=C(NCc1cccc(F)c1)Nc1cccc(C(F)(F)F)c1. The van der Waals surface area contributed by atoms with E-state index >= 15 is 0 Å². The molecule has 0 aliphatic rings. The largest absolute Gasteiger partial charge is 0.416 e. The summed E-state index contributed by atoms with van der Waals surface area (Å²) in [7, 11) is 0. The summed E-state index contributed by atoms with van der Waals surface area (Å²) in [5, 5.41) is 4.73. The van der Waals surface area contributed by atoms with Gasteiger partial charge >= 0.3 is 12.2 Å². The molecule has 7 heteroatoms. The molecule has 22 heavy (non-hydrogen) atoms. The van der Waals surface area contributed by atoms with Crippen molar-refractivity contribution in [2.75, 3.05) is 5.32 Å². The molecule has 0 saturated carbocycles. The van der Waals surface area contributed by atoms with E-state index in [-0.39, 0.29) is 12.2 Å². The Hall–Kier alpha value is -2.57. The van der Waals surface area contributed by atoms with Gasteiger partial charge in [-0.1, -0.05) is 18.2 Å². The van der Waals surface area contributed by atoms with Crippen molar-refractivity contribution in [1.29, 1.82) is 0 Å². The van der Waals surface area contributed by atoms with E-state index < -0.39 is 23.6 Å². The molecule has 0 atom stereocenters. The number of carbonyl (C=O) groups excluding carboxylic acids is 1. The molecule has 0 heterocycles. The molecule has 0 aromatic heterocycles. The van der Waals surface area contributed by atoms with Gasteiger partial charge in [0, 0.05) is 12.2 Å². The maximum Gasteiger partial charge on any atom is 0.416 e. The van der Waals surface area contributed by atoms with Gasteiger partial charge in [0.2, 0.25) is 0 Å². The molecule has 2 aromatic rings. The highest BCUT2D eigenvalue weighted by Crippen LogP contribution is 2.30. The second-order valence-corrected chi connectivity index (χ2v) is 4.52. The normalized spacial score (nSPS) is 11.1. The van der Waals surface area contributed by atoms with Crippen LogP contribution in [0.4, 0.5) is 28.0 Å². The molecule has 116 valence electrons. The zero-order valence-electron chi connectivity index (χ0n) is 11.2. The van der Waals surface area contributed by atoms with Gasteiger partial charge < -0.3 is 10.6 Å². The quantitative estimate of drug-likeness (QED) is 0.821. The third-order valence-electron chi connectivity index (χ3n) is 2.79. The van der Waals surface area contributed by atoms with Gasteiger partial charge in [-0.25, -0.2) is 9.18 Å². The standard InChI is InChI=1S/C15H12F4N2O/c16-12-5-1-3-10(7-12)9-20-14(22)21-13-6-2-4-11(8-13)15(17,18)19/h1-8H,9H2,(H2,20,21,22). The fraction of sp³-hybridized carbons (Fsp3) is 0.133. The minimum Gasteiger partial charge on any atom is -0.334 e. The van der Waals surface area contributed by atoms with Gasteiger partial charge in [-0.15, -0.1) is 0 Å². The first-order valence-corrected chi connectivity index (χ1v) is 6.31. The third-order valence-corrected chi connectivity index (χ3v) is 2.79. The van der Waals surface area contributed by atoms with Crippen LogP contribution in [0, 0.1) is 5.82 Å². The first-order chi connectivity index (χ1) is 10.3. The molecule has 0 aliphatic carbocycles. The number of alkyl halides is 3. The Morgan fingerprint density at radius 1 is 1.05 bits per heavy atom. The number of benzene rings is 2. The van der Waals surface area contributed by atoms with Gasteiger partial charge in [-0.05, 0) is 35.9 Å². The number of halogens is 4. The Kier molecular flexibility index (Phi) is 4.65. The second-order valence-electron chi connectivity index (χ2n) is 4.52. The van der Waals surface area contributed by atoms with Crippen LogP contribution in [-0.4, -0.2) is 6.03 Å². The number of rotatable bonds is 3. The second kappa shape index (κ2) is 6.46. The number of urea groups is 1. The predicted octanol–water partition coefficient (Wildman–Crippen LogP) is 4.17. The Bertz CT molecular complexity index is 671. The minimum absolute atomic E-state index is 0.0200. The molecule has 0 saturated heterocycles. The van der Waals surface area contributed by atoms with Crippen LogP contribution >= 0.6 is 0 Å². The molecule has 0 spiro atoms. The van der Waals surface area contributed by atoms with E-state index in [2.05, 4.69) is 10.6 Å². The van der Waals surface area contributed by atoms with Crippen LogP contribution in [0.25, 0.3) is 0 Å². The van der Waals surface area contributed by atoms with Crippen LogP contribution in [0.5, 0.6) is 0 Å². The number of hydrogen-bond donors (Lipinski definition) is 2. The highest BCUT2D eigenvalue weighted by molar-refractivity contribution is 5.89. The van der Waals surface area contributed by atoms with Gasteiger partial charge in [-0.3, -0.25) is 0 Å². The lowest BCUT2D eigenvalue weighted by Crippen LogP contribution is -2.28. The van der Waals surface area contributed by atoms with Crippen LogP contribution in [0.1, 0.15) is 11.1 Å². The Morgan fingerprint density at radius 2 is 1.77 bits per heavy atom. The minimum atomic E-state index is -4.48. The van der Waals surface area contributed by atoms with Crippen LogP contribution in [-0.2, 0) is 12.7 Å². The first kappa shape index (κ1) is 15.8. The fourth-order valence-corrected chi connectivity index (χ4v) is 1.78. The van der Waals surface area contributed by atoms with E-state index in [9.17, 15) is 22.4 Å². The summed E-state index contributed by atoms with van der Waals surface area (Å²) in [5.41, 5.74) is -0.291. The van der Waals surface area contributed by atoms with E-state index in [0.717, 1.165) is 12.1 Å². The fourth-order valence-electron chi connectivity index (χ4n) is 1.78. The van der Waals surface area contributed by atoms with Crippen molar-refractivity contribution in [3.05, 3.63) is 65.5 Å². The zero-order chi connectivity index (χ0) is 16.2. The van der Waals surface area contributed by atoms with Gasteiger partial charge in [0.1, 0.15) is 5.82 Å². The lowest BCUT2D eigenvalue weighted by molar-refractivity contribution is -0.137. The first-order valence-electron chi connectivity index (χ1n) is 6.31. The molecular formula is C15H12F4N2O. The average molecular weight is 312 g/mol. The molecule has 0 fully saturated rings. The summed E-state index contributed by atoms with van der Waals surface area (Å²) in [6.07, 6.45) is -4.48. The highest BCUT2D eigenvalue weighted by Gasteiger charge is 2.30. The maximum atomic E-state index is 13.0. The van der Waals surface area contributed by atoms with Crippen molar-refractivity contribution >= 4 is 11.7 Å². The zero-order valence-corrected chi connectivity index (χ0v) is 11.2. The van der Waals surface area contributed by atoms with E-state index in [1.54, 1.807) is 6.07 Å². The maximum absolute atomic E-state index is 13.0. The Labute approximate surface area is 124 Å². The van der Waals surface area contributed by atoms with Crippen LogP contribution in [0.2, 0.25) is 0 Å². The monoisotopic (exact) mass is 312 g/mol. The smallest absolute Gasteiger partial charge is 0.334 e. The number of anilines is 1. The Balaban J connectivity index is 1.95. The van der Waals surface area contributed by atoms with Gasteiger partial charge in [0.15, 0.2) is 0 Å². The van der Waals surface area contributed by atoms with E-state index in [1.165, 1.54) is 30.3 Å². The Morgan fingerprint density at radius 3 is 2.45 bits per heavy atom.